The normalized spacial score (nSPS) is 19.8. The van der Waals surface area contributed by atoms with Gasteiger partial charge >= 0.3 is 5.97 Å². The zero-order valence-corrected chi connectivity index (χ0v) is 19.2. The molecule has 2 fully saturated rings. The van der Waals surface area contributed by atoms with Crippen LogP contribution >= 0.6 is 11.8 Å². The molecule has 7 heteroatoms. The number of carbonyl (C=O) groups excluding carboxylic acids is 1. The summed E-state index contributed by atoms with van der Waals surface area (Å²) in [7, 11) is 2.00. The number of carbonyl (C=O) groups is 2. The molecule has 1 aliphatic carbocycles. The van der Waals surface area contributed by atoms with E-state index in [4.69, 9.17) is 4.99 Å². The van der Waals surface area contributed by atoms with Crippen LogP contribution in [0.3, 0.4) is 0 Å². The number of aromatic carboxylic acids is 1. The van der Waals surface area contributed by atoms with Crippen molar-refractivity contribution < 1.29 is 14.7 Å². The van der Waals surface area contributed by atoms with Gasteiger partial charge in [-0.2, -0.15) is 0 Å². The second-order valence-electron chi connectivity index (χ2n) is 8.54. The van der Waals surface area contributed by atoms with Gasteiger partial charge in [0.05, 0.1) is 16.2 Å². The number of carboxylic acid groups (broad SMARTS) is 1. The third kappa shape index (κ3) is 4.20. The van der Waals surface area contributed by atoms with Crippen molar-refractivity contribution in [1.29, 1.82) is 0 Å². The van der Waals surface area contributed by atoms with Gasteiger partial charge in [0, 0.05) is 35.8 Å². The quantitative estimate of drug-likeness (QED) is 0.500. The van der Waals surface area contributed by atoms with Crippen molar-refractivity contribution in [2.24, 2.45) is 12.0 Å². The Labute approximate surface area is 196 Å². The highest BCUT2D eigenvalue weighted by Gasteiger charge is 2.38. The summed E-state index contributed by atoms with van der Waals surface area (Å²) in [6.45, 7) is 0. The van der Waals surface area contributed by atoms with Crippen LogP contribution in [0, 0.1) is 0 Å². The zero-order valence-electron chi connectivity index (χ0n) is 18.4. The Hall–Kier alpha value is -3.32. The second-order valence-corrected chi connectivity index (χ2v) is 9.55. The Kier molecular flexibility index (Phi) is 5.81. The molecule has 0 spiro atoms. The van der Waals surface area contributed by atoms with E-state index in [0.29, 0.717) is 15.8 Å². The molecule has 5 rings (SSSR count). The molecule has 33 heavy (non-hydrogen) atoms. The topological polar surface area (TPSA) is 74.9 Å². The summed E-state index contributed by atoms with van der Waals surface area (Å²) >= 11 is 1.37. The predicted octanol–water partition coefficient (Wildman–Crippen LogP) is 5.81. The van der Waals surface area contributed by atoms with Crippen LogP contribution in [0.1, 0.15) is 48.0 Å². The SMILES string of the molecule is Cn1cc(/C=C2\SC(=Nc3cccc(C(=O)O)c3)N(C3CCCCC3)C2=O)c2ccccc21. The molecule has 1 N–H and O–H groups in total. The van der Waals surface area contributed by atoms with Gasteiger partial charge in [-0.15, -0.1) is 0 Å². The van der Waals surface area contributed by atoms with Crippen molar-refractivity contribution >= 4 is 51.5 Å². The maximum Gasteiger partial charge on any atom is 0.335 e. The van der Waals surface area contributed by atoms with E-state index in [2.05, 4.69) is 16.7 Å². The van der Waals surface area contributed by atoms with E-state index in [1.807, 2.05) is 36.4 Å². The minimum Gasteiger partial charge on any atom is -0.478 e. The molecule has 6 nitrogen and oxygen atoms in total. The standard InChI is InChI=1S/C26H25N3O3S/c1-28-16-18(21-12-5-6-13-22(21)28)15-23-24(30)29(20-10-3-2-4-11-20)26(33-23)27-19-9-7-8-17(14-19)25(31)32/h5-9,12-16,20H,2-4,10-11H2,1H3,(H,31,32)/b23-15-,27-26?. The summed E-state index contributed by atoms with van der Waals surface area (Å²) in [6, 6.07) is 14.8. The van der Waals surface area contributed by atoms with Gasteiger partial charge in [0.15, 0.2) is 5.17 Å². The molecule has 2 heterocycles. The number of amides is 1. The van der Waals surface area contributed by atoms with Crippen LogP contribution in [0.2, 0.25) is 0 Å². The summed E-state index contributed by atoms with van der Waals surface area (Å²) in [5.74, 6) is -1.01. The first-order valence-electron chi connectivity index (χ1n) is 11.2. The molecule has 0 atom stereocenters. The molecular formula is C26H25N3O3S. The first kappa shape index (κ1) is 21.5. The number of aromatic nitrogens is 1. The number of fused-ring (bicyclic) bond motifs is 1. The molecular weight excluding hydrogens is 434 g/mol. The number of thioether (sulfide) groups is 1. The molecule has 1 amide bonds. The minimum absolute atomic E-state index is 0.0204. The Morgan fingerprint density at radius 2 is 1.91 bits per heavy atom. The Bertz CT molecular complexity index is 1300. The van der Waals surface area contributed by atoms with Gasteiger partial charge in [0.25, 0.3) is 5.91 Å². The number of aryl methyl sites for hydroxylation is 1. The summed E-state index contributed by atoms with van der Waals surface area (Å²) in [5.41, 5.74) is 2.84. The van der Waals surface area contributed by atoms with Crippen LogP contribution in [0.25, 0.3) is 17.0 Å². The number of para-hydroxylation sites is 1. The summed E-state index contributed by atoms with van der Waals surface area (Å²) in [5, 5.41) is 11.1. The highest BCUT2D eigenvalue weighted by molar-refractivity contribution is 8.18. The van der Waals surface area contributed by atoms with Crippen LogP contribution in [0.15, 0.2) is 64.6 Å². The molecule has 3 aromatic rings. The number of nitrogens with zero attached hydrogens (tertiary/aromatic N) is 3. The molecule has 2 aromatic carbocycles. The lowest BCUT2D eigenvalue weighted by molar-refractivity contribution is -0.124. The van der Waals surface area contributed by atoms with Gasteiger partial charge in [-0.05, 0) is 54.9 Å². The van der Waals surface area contributed by atoms with Crippen molar-refractivity contribution in [3.8, 4) is 0 Å². The largest absolute Gasteiger partial charge is 0.478 e. The van der Waals surface area contributed by atoms with Crippen molar-refractivity contribution in [3.05, 3.63) is 70.8 Å². The van der Waals surface area contributed by atoms with Gasteiger partial charge in [0.1, 0.15) is 0 Å². The van der Waals surface area contributed by atoms with Gasteiger partial charge in [-0.3, -0.25) is 9.69 Å². The van der Waals surface area contributed by atoms with Gasteiger partial charge in [-0.25, -0.2) is 9.79 Å². The van der Waals surface area contributed by atoms with Gasteiger partial charge in [0.2, 0.25) is 0 Å². The fourth-order valence-electron chi connectivity index (χ4n) is 4.67. The molecule has 1 aromatic heterocycles. The molecule has 1 aliphatic heterocycles. The lowest BCUT2D eigenvalue weighted by Crippen LogP contribution is -2.40. The lowest BCUT2D eigenvalue weighted by atomic mass is 9.94. The number of benzene rings is 2. The van der Waals surface area contributed by atoms with Crippen LogP contribution in [0.4, 0.5) is 5.69 Å². The lowest BCUT2D eigenvalue weighted by Gasteiger charge is -2.30. The first-order chi connectivity index (χ1) is 16.0. The zero-order chi connectivity index (χ0) is 22.9. The highest BCUT2D eigenvalue weighted by atomic mass is 32.2. The first-order valence-corrected chi connectivity index (χ1v) is 12.0. The Balaban J connectivity index is 1.56. The van der Waals surface area contributed by atoms with E-state index >= 15 is 0 Å². The summed E-state index contributed by atoms with van der Waals surface area (Å²) in [6.07, 6.45) is 9.32. The van der Waals surface area contributed by atoms with Crippen molar-refractivity contribution in [1.82, 2.24) is 9.47 Å². The molecule has 0 bridgehead atoms. The van der Waals surface area contributed by atoms with Crippen LogP contribution in [-0.2, 0) is 11.8 Å². The average Bonchev–Trinajstić information content (AvgIpc) is 3.31. The van der Waals surface area contributed by atoms with E-state index < -0.39 is 5.97 Å². The van der Waals surface area contributed by atoms with E-state index in [1.54, 1.807) is 24.3 Å². The number of aliphatic imine (C=N–C) groups is 1. The molecule has 1 saturated heterocycles. The fourth-order valence-corrected chi connectivity index (χ4v) is 5.72. The molecule has 168 valence electrons. The second kappa shape index (κ2) is 8.90. The number of hydrogen-bond donors (Lipinski definition) is 1. The van der Waals surface area contributed by atoms with Crippen molar-refractivity contribution in [2.45, 2.75) is 38.1 Å². The third-order valence-electron chi connectivity index (χ3n) is 6.31. The Morgan fingerprint density at radius 1 is 1.12 bits per heavy atom. The fraction of sp³-hybridized carbons (Fsp3) is 0.269. The van der Waals surface area contributed by atoms with Crippen LogP contribution in [0.5, 0.6) is 0 Å². The summed E-state index contributed by atoms with van der Waals surface area (Å²) in [4.78, 5) is 32.2. The molecule has 1 saturated carbocycles. The number of amidine groups is 1. The van der Waals surface area contributed by atoms with E-state index in [9.17, 15) is 14.7 Å². The van der Waals surface area contributed by atoms with E-state index in [1.165, 1.54) is 18.2 Å². The van der Waals surface area contributed by atoms with Gasteiger partial charge < -0.3 is 9.67 Å². The summed E-state index contributed by atoms with van der Waals surface area (Å²) < 4.78 is 2.07. The molecule has 2 aliphatic rings. The molecule has 0 radical (unpaired) electrons. The smallest absolute Gasteiger partial charge is 0.335 e. The average molecular weight is 460 g/mol. The maximum absolute atomic E-state index is 13.6. The van der Waals surface area contributed by atoms with E-state index in [0.717, 1.165) is 42.1 Å². The molecule has 0 unspecified atom stereocenters. The van der Waals surface area contributed by atoms with E-state index in [-0.39, 0.29) is 17.5 Å². The number of hydrogen-bond acceptors (Lipinski definition) is 4. The van der Waals surface area contributed by atoms with Gasteiger partial charge in [-0.1, -0.05) is 43.5 Å². The van der Waals surface area contributed by atoms with Crippen molar-refractivity contribution in [2.75, 3.05) is 0 Å². The number of carboxylic acids is 1. The predicted molar refractivity (Wildman–Crippen MR) is 133 cm³/mol. The maximum atomic E-state index is 13.6. The minimum atomic E-state index is -0.993. The Morgan fingerprint density at radius 3 is 2.70 bits per heavy atom. The van der Waals surface area contributed by atoms with Crippen molar-refractivity contribution in [3.63, 3.8) is 0 Å². The highest BCUT2D eigenvalue weighted by Crippen LogP contribution is 2.39. The van der Waals surface area contributed by atoms with Crippen LogP contribution < -0.4 is 0 Å². The third-order valence-corrected chi connectivity index (χ3v) is 7.29. The monoisotopic (exact) mass is 459 g/mol. The number of rotatable bonds is 4. The van der Waals surface area contributed by atoms with Crippen LogP contribution in [-0.4, -0.2) is 37.7 Å².